The summed E-state index contributed by atoms with van der Waals surface area (Å²) in [7, 11) is 0. The first-order chi connectivity index (χ1) is 9.43. The van der Waals surface area contributed by atoms with Gasteiger partial charge in [0.05, 0.1) is 5.56 Å². The lowest BCUT2D eigenvalue weighted by molar-refractivity contribution is -0.140. The van der Waals surface area contributed by atoms with Crippen LogP contribution in [-0.4, -0.2) is 36.4 Å². The lowest BCUT2D eigenvalue weighted by atomic mass is 10.2. The molecule has 20 heavy (non-hydrogen) atoms. The number of nitrogens with zero attached hydrogens (tertiary/aromatic N) is 2. The number of anilines is 1. The van der Waals surface area contributed by atoms with Crippen LogP contribution in [0.5, 0.6) is 0 Å². The summed E-state index contributed by atoms with van der Waals surface area (Å²) in [4.78, 5) is 6.30. The van der Waals surface area contributed by atoms with E-state index in [0.29, 0.717) is 11.6 Å². The van der Waals surface area contributed by atoms with E-state index in [1.165, 1.54) is 6.07 Å². The first-order valence-corrected chi connectivity index (χ1v) is 7.60. The highest BCUT2D eigenvalue weighted by molar-refractivity contribution is 7.99. The molecule has 1 N–H and O–H groups in total. The molecule has 3 nitrogen and oxygen atoms in total. The normalized spacial score (nSPS) is 20.2. The topological polar surface area (TPSA) is 28.2 Å². The molecule has 1 unspecified atom stereocenters. The summed E-state index contributed by atoms with van der Waals surface area (Å²) in [6, 6.07) is 2.85. The van der Waals surface area contributed by atoms with Crippen LogP contribution < -0.4 is 10.2 Å². The maximum atomic E-state index is 12.9. The molecule has 2 rings (SSSR count). The summed E-state index contributed by atoms with van der Waals surface area (Å²) < 4.78 is 38.8. The Labute approximate surface area is 120 Å². The first kappa shape index (κ1) is 15.4. The Morgan fingerprint density at radius 2 is 2.20 bits per heavy atom. The van der Waals surface area contributed by atoms with Gasteiger partial charge in [0.1, 0.15) is 10.8 Å². The molecular weight excluding hydrogens is 287 g/mol. The van der Waals surface area contributed by atoms with Gasteiger partial charge in [0.2, 0.25) is 0 Å². The first-order valence-electron chi connectivity index (χ1n) is 6.62. The molecule has 1 aromatic rings. The maximum absolute atomic E-state index is 12.9. The lowest BCUT2D eigenvalue weighted by Crippen LogP contribution is -2.50. The van der Waals surface area contributed by atoms with Crippen LogP contribution in [0.2, 0.25) is 0 Å². The number of halogens is 3. The molecule has 1 aliphatic heterocycles. The quantitative estimate of drug-likeness (QED) is 0.869. The number of pyridine rings is 1. The molecule has 1 aromatic heterocycles. The van der Waals surface area contributed by atoms with Crippen molar-refractivity contribution in [1.82, 2.24) is 10.3 Å². The Morgan fingerprint density at radius 1 is 1.45 bits per heavy atom. The van der Waals surface area contributed by atoms with Gasteiger partial charge in [-0.05, 0) is 24.8 Å². The Kier molecular flexibility index (Phi) is 4.80. The van der Waals surface area contributed by atoms with Gasteiger partial charge < -0.3 is 10.2 Å². The Hall–Kier alpha value is -0.950. The number of piperazine rings is 1. The summed E-state index contributed by atoms with van der Waals surface area (Å²) in [6.07, 6.45) is -4.35. The van der Waals surface area contributed by atoms with Gasteiger partial charge in [-0.25, -0.2) is 4.98 Å². The Bertz CT molecular complexity index is 465. The monoisotopic (exact) mass is 305 g/mol. The van der Waals surface area contributed by atoms with Crippen LogP contribution in [-0.2, 0) is 6.18 Å². The summed E-state index contributed by atoms with van der Waals surface area (Å²) in [5.74, 6) is 1.19. The van der Waals surface area contributed by atoms with E-state index in [-0.39, 0.29) is 11.1 Å². The van der Waals surface area contributed by atoms with Crippen LogP contribution in [0.15, 0.2) is 17.2 Å². The van der Waals surface area contributed by atoms with Gasteiger partial charge >= 0.3 is 6.18 Å². The molecule has 7 heteroatoms. The molecule has 0 radical (unpaired) electrons. The fourth-order valence-electron chi connectivity index (χ4n) is 2.23. The predicted molar refractivity (Wildman–Crippen MR) is 75.3 cm³/mol. The lowest BCUT2D eigenvalue weighted by Gasteiger charge is -2.35. The number of thioether (sulfide) groups is 1. The molecule has 2 heterocycles. The van der Waals surface area contributed by atoms with Gasteiger partial charge in [0.15, 0.2) is 0 Å². The predicted octanol–water partition coefficient (Wildman–Crippen LogP) is 3.01. The van der Waals surface area contributed by atoms with Crippen LogP contribution in [0.3, 0.4) is 0 Å². The van der Waals surface area contributed by atoms with Crippen molar-refractivity contribution >= 4 is 17.6 Å². The highest BCUT2D eigenvalue weighted by Crippen LogP contribution is 2.37. The van der Waals surface area contributed by atoms with Crippen LogP contribution in [0.4, 0.5) is 19.0 Å². The summed E-state index contributed by atoms with van der Waals surface area (Å²) in [5, 5.41) is 3.33. The van der Waals surface area contributed by atoms with Crippen molar-refractivity contribution in [3.8, 4) is 0 Å². The number of rotatable bonds is 3. The zero-order valence-corrected chi connectivity index (χ0v) is 12.3. The molecule has 112 valence electrons. The fraction of sp³-hybridized carbons (Fsp3) is 0.615. The van der Waals surface area contributed by atoms with Gasteiger partial charge in [-0.2, -0.15) is 13.2 Å². The zero-order chi connectivity index (χ0) is 14.8. The van der Waals surface area contributed by atoms with Gasteiger partial charge in [0, 0.05) is 25.7 Å². The van der Waals surface area contributed by atoms with Crippen molar-refractivity contribution < 1.29 is 13.2 Å². The van der Waals surface area contributed by atoms with Crippen LogP contribution >= 0.6 is 11.8 Å². The minimum Gasteiger partial charge on any atom is -0.351 e. The van der Waals surface area contributed by atoms with Crippen molar-refractivity contribution in [2.75, 3.05) is 30.3 Å². The number of aromatic nitrogens is 1. The average molecular weight is 305 g/mol. The summed E-state index contributed by atoms with van der Waals surface area (Å²) >= 11 is 1.13. The minimum atomic E-state index is -4.35. The Morgan fingerprint density at radius 3 is 2.80 bits per heavy atom. The third-order valence-electron chi connectivity index (χ3n) is 3.23. The van der Waals surface area contributed by atoms with E-state index in [9.17, 15) is 13.2 Å². The standard InChI is InChI=1S/C13H18F3N3S/c1-3-20-12-10(13(14,15)16)4-5-11(18-12)19-7-6-17-8-9(19)2/h4-5,9,17H,3,6-8H2,1-2H3. The number of nitrogens with one attached hydrogen (secondary N) is 1. The third kappa shape index (κ3) is 3.38. The van der Waals surface area contributed by atoms with Gasteiger partial charge in [-0.15, -0.1) is 11.8 Å². The molecule has 1 aliphatic rings. The third-order valence-corrected chi connectivity index (χ3v) is 4.10. The van der Waals surface area contributed by atoms with Crippen LogP contribution in [0.25, 0.3) is 0 Å². The van der Waals surface area contributed by atoms with Crippen molar-refractivity contribution in [3.05, 3.63) is 17.7 Å². The van der Waals surface area contributed by atoms with Gasteiger partial charge in [-0.1, -0.05) is 6.92 Å². The van der Waals surface area contributed by atoms with Crippen molar-refractivity contribution in [2.24, 2.45) is 0 Å². The zero-order valence-electron chi connectivity index (χ0n) is 11.5. The van der Waals surface area contributed by atoms with E-state index >= 15 is 0 Å². The number of hydrogen-bond acceptors (Lipinski definition) is 4. The van der Waals surface area contributed by atoms with E-state index in [4.69, 9.17) is 0 Å². The molecule has 0 spiro atoms. The molecule has 0 aliphatic carbocycles. The maximum Gasteiger partial charge on any atom is 0.419 e. The SMILES string of the molecule is CCSc1nc(N2CCNCC2C)ccc1C(F)(F)F. The molecule has 1 atom stereocenters. The summed E-state index contributed by atoms with van der Waals surface area (Å²) in [6.45, 7) is 6.27. The van der Waals surface area contributed by atoms with E-state index in [0.717, 1.165) is 37.5 Å². The second-order valence-corrected chi connectivity index (χ2v) is 5.95. The minimum absolute atomic E-state index is 0.0724. The molecule has 1 saturated heterocycles. The largest absolute Gasteiger partial charge is 0.419 e. The number of alkyl halides is 3. The molecule has 0 aromatic carbocycles. The highest BCUT2D eigenvalue weighted by atomic mass is 32.2. The average Bonchev–Trinajstić information content (AvgIpc) is 2.38. The van der Waals surface area contributed by atoms with E-state index in [2.05, 4.69) is 15.2 Å². The van der Waals surface area contributed by atoms with Crippen molar-refractivity contribution in [2.45, 2.75) is 31.1 Å². The molecule has 0 amide bonds. The molecular formula is C13H18F3N3S. The molecule has 0 bridgehead atoms. The van der Waals surface area contributed by atoms with Crippen molar-refractivity contribution in [1.29, 1.82) is 0 Å². The van der Waals surface area contributed by atoms with E-state index < -0.39 is 11.7 Å². The number of hydrogen-bond donors (Lipinski definition) is 1. The fourth-order valence-corrected chi connectivity index (χ4v) is 3.01. The van der Waals surface area contributed by atoms with Crippen LogP contribution in [0, 0.1) is 0 Å². The Balaban J connectivity index is 2.34. The van der Waals surface area contributed by atoms with E-state index in [1.807, 2.05) is 13.8 Å². The van der Waals surface area contributed by atoms with Gasteiger partial charge in [-0.3, -0.25) is 0 Å². The second-order valence-electron chi connectivity index (χ2n) is 4.70. The molecule has 0 saturated carbocycles. The molecule has 1 fully saturated rings. The van der Waals surface area contributed by atoms with Gasteiger partial charge in [0.25, 0.3) is 0 Å². The smallest absolute Gasteiger partial charge is 0.351 e. The van der Waals surface area contributed by atoms with Crippen molar-refractivity contribution in [3.63, 3.8) is 0 Å². The van der Waals surface area contributed by atoms with E-state index in [1.54, 1.807) is 0 Å². The van der Waals surface area contributed by atoms with Crippen LogP contribution in [0.1, 0.15) is 19.4 Å². The highest BCUT2D eigenvalue weighted by Gasteiger charge is 2.35. The summed E-state index contributed by atoms with van der Waals surface area (Å²) in [5.41, 5.74) is -0.643. The second kappa shape index (κ2) is 6.22.